The Hall–Kier alpha value is -2.73. The first-order chi connectivity index (χ1) is 14.6. The van der Waals surface area contributed by atoms with E-state index >= 15 is 0 Å². The molecule has 2 aromatic heterocycles. The lowest BCUT2D eigenvalue weighted by atomic mass is 9.92. The second-order valence-electron chi connectivity index (χ2n) is 7.74. The molecular weight excluding hydrogens is 432 g/mol. The Morgan fingerprint density at radius 2 is 2.10 bits per heavy atom. The molecule has 2 unspecified atom stereocenters. The molecule has 1 saturated heterocycles. The number of amides is 1. The van der Waals surface area contributed by atoms with Crippen LogP contribution < -0.4 is 5.32 Å². The zero-order valence-electron chi connectivity index (χ0n) is 17.4. The summed E-state index contributed by atoms with van der Waals surface area (Å²) >= 11 is 1.41. The van der Waals surface area contributed by atoms with Crippen molar-refractivity contribution < 1.29 is 4.79 Å². The van der Waals surface area contributed by atoms with Crippen LogP contribution in [0.3, 0.4) is 0 Å². The van der Waals surface area contributed by atoms with Crippen LogP contribution in [0.25, 0.3) is 5.69 Å². The van der Waals surface area contributed by atoms with E-state index in [-0.39, 0.29) is 30.4 Å². The first kappa shape index (κ1) is 22.9. The number of carbonyl (C=O) groups is 1. The van der Waals surface area contributed by atoms with Gasteiger partial charge in [0.2, 0.25) is 0 Å². The lowest BCUT2D eigenvalue weighted by molar-refractivity contribution is 0.0760. The molecule has 9 heteroatoms. The smallest absolute Gasteiger partial charge is 0.270 e. The number of carbonyl (C=O) groups excluding carboxylic acids is 1. The number of nitriles is 1. The molecular formula is C22H25ClN6OS. The molecule has 1 aliphatic heterocycles. The van der Waals surface area contributed by atoms with Crippen LogP contribution in [0.5, 0.6) is 0 Å². The number of nitrogens with zero attached hydrogens (tertiary/aromatic N) is 5. The largest absolute Gasteiger partial charge is 0.348 e. The summed E-state index contributed by atoms with van der Waals surface area (Å²) in [6, 6.07) is 12.4. The van der Waals surface area contributed by atoms with Crippen molar-refractivity contribution in [3.63, 3.8) is 0 Å². The lowest BCUT2D eigenvalue weighted by Gasteiger charge is -2.41. The Kier molecular flexibility index (Phi) is 7.44. The summed E-state index contributed by atoms with van der Waals surface area (Å²) in [6.45, 7) is 5.14. The molecule has 3 heterocycles. The Morgan fingerprint density at radius 1 is 1.32 bits per heavy atom. The van der Waals surface area contributed by atoms with Gasteiger partial charge in [-0.3, -0.25) is 9.69 Å². The van der Waals surface area contributed by atoms with E-state index in [2.05, 4.69) is 35.1 Å². The predicted molar refractivity (Wildman–Crippen MR) is 123 cm³/mol. The van der Waals surface area contributed by atoms with Crippen LogP contribution in [0.4, 0.5) is 0 Å². The number of halogens is 1. The summed E-state index contributed by atoms with van der Waals surface area (Å²) in [5.74, 6) is -0.145. The molecule has 1 N–H and O–H groups in total. The van der Waals surface area contributed by atoms with Crippen LogP contribution in [0.2, 0.25) is 0 Å². The van der Waals surface area contributed by atoms with Crippen molar-refractivity contribution in [2.75, 3.05) is 6.54 Å². The van der Waals surface area contributed by atoms with Crippen LogP contribution in [0, 0.1) is 11.3 Å². The summed E-state index contributed by atoms with van der Waals surface area (Å²) in [5, 5.41) is 19.4. The maximum atomic E-state index is 12.5. The van der Waals surface area contributed by atoms with Crippen LogP contribution in [0.1, 0.15) is 54.5 Å². The van der Waals surface area contributed by atoms with Crippen molar-refractivity contribution in [3.05, 3.63) is 64.4 Å². The number of rotatable bonds is 5. The SMILES string of the molecule is CC(C)N1CCC(NC(=O)c2cscn2)CC1c1nn(-c2ccccc2)cc1C#N.Cl. The molecule has 1 amide bonds. The third-order valence-electron chi connectivity index (χ3n) is 5.51. The van der Waals surface area contributed by atoms with Crippen molar-refractivity contribution in [2.24, 2.45) is 0 Å². The summed E-state index contributed by atoms with van der Waals surface area (Å²) < 4.78 is 1.77. The molecule has 1 aliphatic rings. The molecule has 1 aromatic carbocycles. The summed E-state index contributed by atoms with van der Waals surface area (Å²) in [4.78, 5) is 19.0. The van der Waals surface area contributed by atoms with Gasteiger partial charge in [-0.25, -0.2) is 9.67 Å². The van der Waals surface area contributed by atoms with Crippen LogP contribution in [-0.4, -0.2) is 44.2 Å². The molecule has 162 valence electrons. The fourth-order valence-corrected chi connectivity index (χ4v) is 4.55. The first-order valence-corrected chi connectivity index (χ1v) is 11.0. The number of para-hydroxylation sites is 1. The molecule has 0 bridgehead atoms. The van der Waals surface area contributed by atoms with Crippen molar-refractivity contribution in [1.82, 2.24) is 25.0 Å². The zero-order valence-corrected chi connectivity index (χ0v) is 19.1. The minimum absolute atomic E-state index is 0. The minimum atomic E-state index is -0.145. The van der Waals surface area contributed by atoms with E-state index in [9.17, 15) is 10.1 Å². The molecule has 0 aliphatic carbocycles. The molecule has 0 radical (unpaired) electrons. The van der Waals surface area contributed by atoms with E-state index in [0.717, 1.165) is 24.3 Å². The maximum absolute atomic E-state index is 12.5. The van der Waals surface area contributed by atoms with Gasteiger partial charge >= 0.3 is 0 Å². The van der Waals surface area contributed by atoms with E-state index in [0.29, 0.717) is 23.7 Å². The Bertz CT molecular complexity index is 1040. The Labute approximate surface area is 192 Å². The van der Waals surface area contributed by atoms with Gasteiger partial charge in [-0.05, 0) is 38.8 Å². The van der Waals surface area contributed by atoms with Gasteiger partial charge in [-0.1, -0.05) is 18.2 Å². The highest BCUT2D eigenvalue weighted by Gasteiger charge is 2.35. The third-order valence-corrected chi connectivity index (χ3v) is 6.09. The molecule has 0 saturated carbocycles. The predicted octanol–water partition coefficient (Wildman–Crippen LogP) is 3.97. The quantitative estimate of drug-likeness (QED) is 0.627. The van der Waals surface area contributed by atoms with Gasteiger partial charge in [-0.2, -0.15) is 10.4 Å². The number of hydrogen-bond acceptors (Lipinski definition) is 6. The second kappa shape index (κ2) is 10.1. The van der Waals surface area contributed by atoms with E-state index in [4.69, 9.17) is 5.10 Å². The summed E-state index contributed by atoms with van der Waals surface area (Å²) in [7, 11) is 0. The maximum Gasteiger partial charge on any atom is 0.270 e. The minimum Gasteiger partial charge on any atom is -0.348 e. The molecule has 2 atom stereocenters. The third kappa shape index (κ3) is 4.96. The van der Waals surface area contributed by atoms with Gasteiger partial charge in [0.25, 0.3) is 5.91 Å². The van der Waals surface area contributed by atoms with E-state index in [1.165, 1.54) is 11.3 Å². The number of nitrogens with one attached hydrogen (secondary N) is 1. The number of aromatic nitrogens is 3. The number of benzene rings is 1. The van der Waals surface area contributed by atoms with E-state index in [1.807, 2.05) is 30.3 Å². The number of hydrogen-bond donors (Lipinski definition) is 1. The van der Waals surface area contributed by atoms with Crippen molar-refractivity contribution in [1.29, 1.82) is 5.26 Å². The van der Waals surface area contributed by atoms with Crippen LogP contribution in [-0.2, 0) is 0 Å². The molecule has 31 heavy (non-hydrogen) atoms. The van der Waals surface area contributed by atoms with Crippen LogP contribution in [0.15, 0.2) is 47.4 Å². The average Bonchev–Trinajstić information content (AvgIpc) is 3.44. The number of thiazole rings is 1. The number of piperidine rings is 1. The van der Waals surface area contributed by atoms with Gasteiger partial charge in [0.1, 0.15) is 11.8 Å². The number of likely N-dealkylation sites (tertiary alicyclic amines) is 1. The highest BCUT2D eigenvalue weighted by molar-refractivity contribution is 7.07. The zero-order chi connectivity index (χ0) is 21.1. The second-order valence-corrected chi connectivity index (χ2v) is 8.45. The highest BCUT2D eigenvalue weighted by Crippen LogP contribution is 2.34. The monoisotopic (exact) mass is 456 g/mol. The summed E-state index contributed by atoms with van der Waals surface area (Å²) in [6.07, 6.45) is 3.35. The molecule has 4 rings (SSSR count). The van der Waals surface area contributed by atoms with Gasteiger partial charge in [0.05, 0.1) is 28.5 Å². The van der Waals surface area contributed by atoms with Crippen molar-refractivity contribution in [2.45, 2.75) is 44.8 Å². The van der Waals surface area contributed by atoms with Crippen molar-refractivity contribution in [3.8, 4) is 11.8 Å². The summed E-state index contributed by atoms with van der Waals surface area (Å²) in [5.41, 5.74) is 4.37. The van der Waals surface area contributed by atoms with E-state index < -0.39 is 0 Å². The fraction of sp³-hybridized carbons (Fsp3) is 0.364. The Morgan fingerprint density at radius 3 is 2.74 bits per heavy atom. The van der Waals surface area contributed by atoms with Gasteiger partial charge in [-0.15, -0.1) is 23.7 Å². The molecule has 0 spiro atoms. The highest BCUT2D eigenvalue weighted by atomic mass is 35.5. The lowest BCUT2D eigenvalue weighted by Crippen LogP contribution is -2.48. The molecule has 7 nitrogen and oxygen atoms in total. The van der Waals surface area contributed by atoms with Gasteiger partial charge < -0.3 is 5.32 Å². The normalized spacial score (nSPS) is 18.9. The Balaban J connectivity index is 0.00000272. The van der Waals surface area contributed by atoms with Gasteiger partial charge in [0.15, 0.2) is 0 Å². The van der Waals surface area contributed by atoms with Crippen molar-refractivity contribution >= 4 is 29.7 Å². The first-order valence-electron chi connectivity index (χ1n) is 10.1. The topological polar surface area (TPSA) is 86.8 Å². The van der Waals surface area contributed by atoms with Gasteiger partial charge in [0, 0.05) is 30.2 Å². The molecule has 1 fully saturated rings. The van der Waals surface area contributed by atoms with E-state index in [1.54, 1.807) is 21.8 Å². The van der Waals surface area contributed by atoms with Crippen LogP contribution >= 0.6 is 23.7 Å². The standard InChI is InChI=1S/C22H24N6OS.ClH/c1-15(2)27-9-8-17(25-22(29)19-13-30-14-24-19)10-20(27)21-16(11-23)12-28(26-21)18-6-4-3-5-7-18;/h3-7,12-15,17,20H,8-10H2,1-2H3,(H,25,29);1H. The fourth-order valence-electron chi connectivity index (χ4n) is 4.02. The average molecular weight is 457 g/mol. The molecule has 3 aromatic rings.